The van der Waals surface area contributed by atoms with Crippen molar-refractivity contribution in [2.24, 2.45) is 0 Å². The average molecular weight is 349 g/mol. The quantitative estimate of drug-likeness (QED) is 0.242. The summed E-state index contributed by atoms with van der Waals surface area (Å²) in [5.74, 6) is 0. The lowest BCUT2D eigenvalue weighted by molar-refractivity contribution is 0.0587. The Kier molecular flexibility index (Phi) is 20.6. The zero-order chi connectivity index (χ0) is 17.0. The molecule has 0 rings (SSSR count). The van der Waals surface area contributed by atoms with Crippen molar-refractivity contribution in [3.05, 3.63) is 0 Å². The molecule has 0 aromatic heterocycles. The van der Waals surface area contributed by atoms with Gasteiger partial charge in [0.05, 0.1) is 13.2 Å². The van der Waals surface area contributed by atoms with Crippen molar-refractivity contribution in [1.29, 1.82) is 0 Å². The van der Waals surface area contributed by atoms with Gasteiger partial charge in [-0.1, -0.05) is 90.4 Å². The zero-order valence-electron chi connectivity index (χ0n) is 15.4. The number of hydrogen-bond donors (Lipinski definition) is 2. The van der Waals surface area contributed by atoms with Crippen molar-refractivity contribution in [1.82, 2.24) is 0 Å². The monoisotopic (exact) mass is 348 g/mol. The molecule has 140 valence electrons. The smallest absolute Gasteiger partial charge is 0.101 e. The number of hydrogen-bond acceptors (Lipinski definition) is 3. The van der Waals surface area contributed by atoms with Gasteiger partial charge in [0.2, 0.25) is 0 Å². The largest absolute Gasteiger partial charge is 0.394 e. The van der Waals surface area contributed by atoms with Gasteiger partial charge in [0.15, 0.2) is 0 Å². The fourth-order valence-corrected chi connectivity index (χ4v) is 3.52. The molecule has 0 aliphatic rings. The second-order valence-electron chi connectivity index (χ2n) is 6.64. The minimum absolute atomic E-state index is 0.205. The van der Waals surface area contributed by atoms with Crippen molar-refractivity contribution >= 4 is 8.81 Å². The van der Waals surface area contributed by atoms with Gasteiger partial charge in [-0.3, -0.25) is 0 Å². The Morgan fingerprint density at radius 3 is 1.61 bits per heavy atom. The van der Waals surface area contributed by atoms with Gasteiger partial charge in [0, 0.05) is 8.81 Å². The minimum atomic E-state index is -0.709. The first kappa shape index (κ1) is 23.3. The normalized spacial score (nSPS) is 13.2. The van der Waals surface area contributed by atoms with Gasteiger partial charge >= 0.3 is 0 Å². The summed E-state index contributed by atoms with van der Waals surface area (Å²) in [4.78, 5) is 0. The molecule has 2 N–H and O–H groups in total. The highest BCUT2D eigenvalue weighted by molar-refractivity contribution is 7.32. The third kappa shape index (κ3) is 20.3. The Labute approximate surface area is 146 Å². The van der Waals surface area contributed by atoms with Gasteiger partial charge < -0.3 is 14.7 Å². The third-order valence-corrected chi connectivity index (χ3v) is 5.15. The first-order chi connectivity index (χ1) is 11.3. The van der Waals surface area contributed by atoms with Crippen LogP contribution in [0.25, 0.3) is 0 Å². The van der Waals surface area contributed by atoms with Crippen LogP contribution in [0, 0.1) is 0 Å². The maximum atomic E-state index is 9.11. The van der Waals surface area contributed by atoms with E-state index in [1.807, 2.05) is 0 Å². The van der Waals surface area contributed by atoms with Gasteiger partial charge in [-0.05, 0) is 12.6 Å². The summed E-state index contributed by atoms with van der Waals surface area (Å²) in [7, 11) is 0.468. The summed E-state index contributed by atoms with van der Waals surface area (Å²) in [6.07, 6.45) is 19.8. The highest BCUT2D eigenvalue weighted by atomic mass is 31.1. The predicted molar refractivity (Wildman–Crippen MR) is 103 cm³/mol. The molecule has 0 aliphatic heterocycles. The van der Waals surface area contributed by atoms with Crippen LogP contribution in [0.15, 0.2) is 0 Å². The minimum Gasteiger partial charge on any atom is -0.394 e. The molecule has 0 bridgehead atoms. The van der Waals surface area contributed by atoms with E-state index >= 15 is 0 Å². The Hall–Kier alpha value is 0.310. The first-order valence-electron chi connectivity index (χ1n) is 9.94. The van der Waals surface area contributed by atoms with Gasteiger partial charge in [0.1, 0.15) is 6.10 Å². The Morgan fingerprint density at radius 2 is 1.17 bits per heavy atom. The highest BCUT2D eigenvalue weighted by Gasteiger charge is 2.00. The molecule has 0 aliphatic carbocycles. The second-order valence-corrected chi connectivity index (χ2v) is 7.72. The molecule has 0 spiro atoms. The van der Waals surface area contributed by atoms with E-state index in [0.717, 1.165) is 6.16 Å². The van der Waals surface area contributed by atoms with Crippen LogP contribution in [0.4, 0.5) is 0 Å². The summed E-state index contributed by atoms with van der Waals surface area (Å²) >= 11 is 0. The topological polar surface area (TPSA) is 49.7 Å². The predicted octanol–water partition coefficient (Wildman–Crippen LogP) is 5.43. The number of aliphatic hydroxyl groups excluding tert-OH is 2. The molecule has 0 amide bonds. The van der Waals surface area contributed by atoms with Gasteiger partial charge in [-0.2, -0.15) is 0 Å². The Bertz CT molecular complexity index is 215. The fraction of sp³-hybridized carbons (Fsp3) is 1.00. The number of aliphatic hydroxyl groups is 2. The summed E-state index contributed by atoms with van der Waals surface area (Å²) in [5, 5.41) is 17.8. The summed E-state index contributed by atoms with van der Waals surface area (Å²) in [6.45, 7) is 2.34. The Balaban J connectivity index is 2.97. The van der Waals surface area contributed by atoms with E-state index in [1.54, 1.807) is 0 Å². The van der Waals surface area contributed by atoms with Gasteiger partial charge in [0.25, 0.3) is 0 Å². The highest BCUT2D eigenvalue weighted by Crippen LogP contribution is 2.17. The number of unbranched alkanes of at least 4 members (excludes halogenated alkanes) is 13. The van der Waals surface area contributed by atoms with Crippen LogP contribution in [-0.2, 0) is 4.52 Å². The molecular formula is C19H41O3P. The van der Waals surface area contributed by atoms with Crippen molar-refractivity contribution in [3.8, 4) is 0 Å². The van der Waals surface area contributed by atoms with E-state index in [9.17, 15) is 0 Å². The Morgan fingerprint density at radius 1 is 0.739 bits per heavy atom. The molecule has 0 aromatic carbocycles. The van der Waals surface area contributed by atoms with Crippen LogP contribution in [0.5, 0.6) is 0 Å². The van der Waals surface area contributed by atoms with Crippen LogP contribution < -0.4 is 0 Å². The molecule has 0 fully saturated rings. The molecule has 2 atom stereocenters. The molecule has 0 aromatic rings. The van der Waals surface area contributed by atoms with E-state index in [0.29, 0.717) is 8.81 Å². The number of rotatable bonds is 19. The van der Waals surface area contributed by atoms with Crippen LogP contribution in [0.2, 0.25) is 0 Å². The third-order valence-electron chi connectivity index (χ3n) is 4.22. The first-order valence-corrected chi connectivity index (χ1v) is 11.1. The van der Waals surface area contributed by atoms with E-state index in [4.69, 9.17) is 14.7 Å². The van der Waals surface area contributed by atoms with Gasteiger partial charge in [-0.15, -0.1) is 0 Å². The molecule has 0 saturated carbocycles. The molecule has 23 heavy (non-hydrogen) atoms. The molecule has 0 radical (unpaired) electrons. The summed E-state index contributed by atoms with van der Waals surface area (Å²) in [6, 6.07) is 0. The van der Waals surface area contributed by atoms with E-state index in [1.165, 1.54) is 89.9 Å². The van der Waals surface area contributed by atoms with Crippen molar-refractivity contribution in [2.45, 2.75) is 103 Å². The van der Waals surface area contributed by atoms with Crippen LogP contribution in [0.1, 0.15) is 96.8 Å². The zero-order valence-corrected chi connectivity index (χ0v) is 16.4. The van der Waals surface area contributed by atoms with Crippen LogP contribution in [0.3, 0.4) is 0 Å². The molecule has 1 unspecified atom stereocenters. The standard InChI is InChI=1S/C19H41O3P/c1-2-3-4-5-6-7-8-9-10-11-12-13-14-15-16-23-22-18-19(21)17-20/h19-21,23H,2-18H2,1H3/t19-/m0/s1. The average Bonchev–Trinajstić information content (AvgIpc) is 2.57. The summed E-state index contributed by atoms with van der Waals surface area (Å²) < 4.78 is 5.32. The van der Waals surface area contributed by atoms with E-state index < -0.39 is 6.10 Å². The molecule has 0 heterocycles. The van der Waals surface area contributed by atoms with Gasteiger partial charge in [-0.25, -0.2) is 0 Å². The van der Waals surface area contributed by atoms with E-state index in [2.05, 4.69) is 6.92 Å². The maximum absolute atomic E-state index is 9.11. The lowest BCUT2D eigenvalue weighted by Gasteiger charge is -2.07. The van der Waals surface area contributed by atoms with E-state index in [-0.39, 0.29) is 13.2 Å². The molecule has 0 saturated heterocycles. The van der Waals surface area contributed by atoms with Crippen molar-refractivity contribution in [3.63, 3.8) is 0 Å². The molecule has 4 heteroatoms. The lowest BCUT2D eigenvalue weighted by atomic mass is 10.0. The lowest BCUT2D eigenvalue weighted by Crippen LogP contribution is -2.17. The van der Waals surface area contributed by atoms with Crippen molar-refractivity contribution in [2.75, 3.05) is 19.4 Å². The summed E-state index contributed by atoms with van der Waals surface area (Å²) in [5.41, 5.74) is 0. The van der Waals surface area contributed by atoms with Crippen LogP contribution in [-0.4, -0.2) is 35.7 Å². The van der Waals surface area contributed by atoms with Crippen molar-refractivity contribution < 1.29 is 14.7 Å². The second kappa shape index (κ2) is 20.4. The van der Waals surface area contributed by atoms with Crippen LogP contribution >= 0.6 is 8.81 Å². The fourth-order valence-electron chi connectivity index (χ4n) is 2.67. The SMILES string of the molecule is CCCCCCCCCCCCCCCCPOC[C@@H](O)CO. The maximum Gasteiger partial charge on any atom is 0.101 e. The molecule has 3 nitrogen and oxygen atoms in total. The molecular weight excluding hydrogens is 307 g/mol.